The van der Waals surface area contributed by atoms with E-state index in [4.69, 9.17) is 19.9 Å². The number of nitrogens with one attached hydrogen (secondary N) is 1. The van der Waals surface area contributed by atoms with E-state index in [-0.39, 0.29) is 24.5 Å². The second-order valence-electron chi connectivity index (χ2n) is 6.15. The summed E-state index contributed by atoms with van der Waals surface area (Å²) in [6, 6.07) is 10.6. The predicted molar refractivity (Wildman–Crippen MR) is 101 cm³/mol. The molecule has 0 aromatic heterocycles. The number of anilines is 2. The normalized spacial score (nSPS) is 13.5. The Kier molecular flexibility index (Phi) is 5.78. The van der Waals surface area contributed by atoms with Crippen molar-refractivity contribution in [2.75, 3.05) is 24.2 Å². The largest absolute Gasteiger partial charge is 0.465 e. The van der Waals surface area contributed by atoms with Crippen LogP contribution in [-0.4, -0.2) is 31.1 Å². The fourth-order valence-corrected chi connectivity index (χ4v) is 2.73. The monoisotopic (exact) mass is 384 g/mol. The highest BCUT2D eigenvalue weighted by atomic mass is 16.5. The Morgan fingerprint density at radius 2 is 1.64 bits per heavy atom. The third kappa shape index (κ3) is 4.79. The first-order valence-corrected chi connectivity index (χ1v) is 8.76. The maximum Gasteiger partial charge on any atom is 0.325 e. The number of ether oxygens (including phenoxy) is 3. The number of nitrogens with two attached hydrogens (primary N) is 1. The first-order chi connectivity index (χ1) is 13.4. The van der Waals surface area contributed by atoms with Crippen molar-refractivity contribution in [1.29, 1.82) is 0 Å². The molecule has 0 aliphatic carbocycles. The summed E-state index contributed by atoms with van der Waals surface area (Å²) in [6.45, 7) is 2.22. The third-order valence-electron chi connectivity index (χ3n) is 4.02. The van der Waals surface area contributed by atoms with Gasteiger partial charge in [-0.2, -0.15) is 0 Å². The average Bonchev–Trinajstić information content (AvgIpc) is 3.20. The maximum atomic E-state index is 11.1. The van der Waals surface area contributed by atoms with Crippen molar-refractivity contribution in [2.24, 2.45) is 0 Å². The van der Waals surface area contributed by atoms with E-state index in [1.165, 1.54) is 0 Å². The number of hydrogen-bond acceptors (Lipinski definition) is 8. The summed E-state index contributed by atoms with van der Waals surface area (Å²) in [5.41, 5.74) is 8.63. The van der Waals surface area contributed by atoms with E-state index in [1.54, 1.807) is 31.2 Å². The van der Waals surface area contributed by atoms with Gasteiger partial charge in [0.25, 0.3) is 0 Å². The fraction of sp³-hybridized carbons (Fsp3) is 0.250. The van der Waals surface area contributed by atoms with E-state index in [0.717, 1.165) is 16.8 Å². The summed E-state index contributed by atoms with van der Waals surface area (Å²) >= 11 is 0. The molecule has 0 spiro atoms. The van der Waals surface area contributed by atoms with E-state index in [9.17, 15) is 14.4 Å². The van der Waals surface area contributed by atoms with E-state index >= 15 is 0 Å². The molecule has 2 aliphatic rings. The summed E-state index contributed by atoms with van der Waals surface area (Å²) in [5, 5.41) is 2.91. The Bertz CT molecular complexity index is 925. The van der Waals surface area contributed by atoms with Crippen LogP contribution in [0.5, 0.6) is 11.5 Å². The molecule has 0 amide bonds. The highest BCUT2D eigenvalue weighted by Crippen LogP contribution is 2.29. The van der Waals surface area contributed by atoms with Gasteiger partial charge in [0, 0.05) is 34.6 Å². The van der Waals surface area contributed by atoms with Crippen molar-refractivity contribution in [3.05, 3.63) is 47.5 Å². The van der Waals surface area contributed by atoms with Crippen molar-refractivity contribution in [1.82, 2.24) is 0 Å². The molecule has 0 saturated heterocycles. The minimum Gasteiger partial charge on any atom is -0.465 e. The summed E-state index contributed by atoms with van der Waals surface area (Å²) in [7, 11) is 0. The van der Waals surface area contributed by atoms with Crippen molar-refractivity contribution in [3.63, 3.8) is 0 Å². The van der Waals surface area contributed by atoms with Gasteiger partial charge < -0.3 is 25.3 Å². The highest BCUT2D eigenvalue weighted by molar-refractivity contribution is 5.82. The van der Waals surface area contributed by atoms with Crippen LogP contribution >= 0.6 is 0 Å². The van der Waals surface area contributed by atoms with Gasteiger partial charge in [-0.15, -0.1) is 0 Å². The van der Waals surface area contributed by atoms with Crippen molar-refractivity contribution < 1.29 is 28.6 Å². The van der Waals surface area contributed by atoms with Gasteiger partial charge in [-0.05, 0) is 19.1 Å². The molecule has 0 unspecified atom stereocenters. The van der Waals surface area contributed by atoms with Crippen LogP contribution < -0.4 is 20.5 Å². The highest BCUT2D eigenvalue weighted by Gasteiger charge is 2.20. The van der Waals surface area contributed by atoms with Gasteiger partial charge in [0.15, 0.2) is 0 Å². The summed E-state index contributed by atoms with van der Waals surface area (Å²) in [6.07, 6.45) is 0.684. The lowest BCUT2D eigenvalue weighted by Crippen LogP contribution is -2.16. The summed E-state index contributed by atoms with van der Waals surface area (Å²) in [5.74, 6) is 0.400. The van der Waals surface area contributed by atoms with Gasteiger partial charge in [-0.3, -0.25) is 14.4 Å². The smallest absolute Gasteiger partial charge is 0.325 e. The number of nitrogen functional groups attached to an aromatic ring is 1. The average molecular weight is 384 g/mol. The number of esters is 3. The van der Waals surface area contributed by atoms with Crippen LogP contribution in [-0.2, 0) is 32.0 Å². The first-order valence-electron chi connectivity index (χ1n) is 8.76. The fourth-order valence-electron chi connectivity index (χ4n) is 2.73. The van der Waals surface area contributed by atoms with Crippen LogP contribution in [0.4, 0.5) is 11.4 Å². The molecule has 2 heterocycles. The molecule has 0 atom stereocenters. The minimum absolute atomic E-state index is 0.0978. The summed E-state index contributed by atoms with van der Waals surface area (Å²) < 4.78 is 14.7. The Labute approximate surface area is 161 Å². The topological polar surface area (TPSA) is 117 Å². The van der Waals surface area contributed by atoms with Gasteiger partial charge in [0.2, 0.25) is 0 Å². The van der Waals surface area contributed by atoms with Gasteiger partial charge in [0.1, 0.15) is 18.0 Å². The van der Waals surface area contributed by atoms with Gasteiger partial charge in [-0.1, -0.05) is 12.1 Å². The van der Waals surface area contributed by atoms with Gasteiger partial charge in [0.05, 0.1) is 19.4 Å². The molecule has 4 rings (SSSR count). The van der Waals surface area contributed by atoms with E-state index in [0.29, 0.717) is 36.6 Å². The lowest BCUT2D eigenvalue weighted by molar-refractivity contribution is -0.141. The zero-order chi connectivity index (χ0) is 20.1. The van der Waals surface area contributed by atoms with Crippen molar-refractivity contribution >= 4 is 29.3 Å². The zero-order valence-corrected chi connectivity index (χ0v) is 15.3. The van der Waals surface area contributed by atoms with Crippen molar-refractivity contribution in [2.45, 2.75) is 19.8 Å². The molecule has 8 heteroatoms. The second kappa shape index (κ2) is 8.43. The third-order valence-corrected chi connectivity index (χ3v) is 4.02. The van der Waals surface area contributed by atoms with E-state index < -0.39 is 0 Å². The maximum absolute atomic E-state index is 11.1. The molecule has 0 fully saturated rings. The standard InChI is InChI=1S/C12H13NO4.C8H7NO2/c1-2-16-12(15)7-13-9-4-3-8-5-11(14)17-10(8)6-9;9-6-2-1-5-3-8(10)11-7(5)4-6/h3-4,6,13H,2,5,7H2,1H3;1-2,4H,3,9H2. The number of carbonyl (C=O) groups is 3. The van der Waals surface area contributed by atoms with Crippen LogP contribution in [0.1, 0.15) is 18.1 Å². The molecule has 0 radical (unpaired) electrons. The Balaban J connectivity index is 0.000000176. The quantitative estimate of drug-likeness (QED) is 0.466. The number of hydrogen-bond donors (Lipinski definition) is 2. The van der Waals surface area contributed by atoms with Gasteiger partial charge in [-0.25, -0.2) is 0 Å². The van der Waals surface area contributed by atoms with Crippen LogP contribution in [0.2, 0.25) is 0 Å². The SMILES string of the molecule is CCOC(=O)CNc1ccc2c(c1)OC(=O)C2.Nc1ccc2c(c1)OC(=O)C2. The number of rotatable bonds is 4. The molecule has 2 aliphatic heterocycles. The summed E-state index contributed by atoms with van der Waals surface area (Å²) in [4.78, 5) is 32.9. The number of fused-ring (bicyclic) bond motifs is 2. The number of carbonyl (C=O) groups excluding carboxylic acids is 3. The molecule has 28 heavy (non-hydrogen) atoms. The first kappa shape index (κ1) is 19.2. The van der Waals surface area contributed by atoms with E-state index in [1.807, 2.05) is 12.1 Å². The van der Waals surface area contributed by atoms with E-state index in [2.05, 4.69) is 5.32 Å². The molecule has 0 bridgehead atoms. The van der Waals surface area contributed by atoms with Crippen LogP contribution in [0.25, 0.3) is 0 Å². The molecular weight excluding hydrogens is 364 g/mol. The van der Waals surface area contributed by atoms with Crippen LogP contribution in [0, 0.1) is 0 Å². The molecule has 146 valence electrons. The Hall–Kier alpha value is -3.55. The number of benzene rings is 2. The molecule has 2 aromatic carbocycles. The molecule has 3 N–H and O–H groups in total. The Morgan fingerprint density at radius 1 is 1.04 bits per heavy atom. The second-order valence-corrected chi connectivity index (χ2v) is 6.15. The minimum atomic E-state index is -0.315. The van der Waals surface area contributed by atoms with Gasteiger partial charge >= 0.3 is 17.9 Å². The van der Waals surface area contributed by atoms with Crippen molar-refractivity contribution in [3.8, 4) is 11.5 Å². The molecule has 8 nitrogen and oxygen atoms in total. The zero-order valence-electron chi connectivity index (χ0n) is 15.3. The molecule has 0 saturated carbocycles. The molecular formula is C20H20N2O6. The molecule has 2 aromatic rings. The predicted octanol–water partition coefficient (Wildman–Crippen LogP) is 1.85. The van der Waals surface area contributed by atoms with Crippen LogP contribution in [0.3, 0.4) is 0 Å². The lowest BCUT2D eigenvalue weighted by Gasteiger charge is -2.07. The van der Waals surface area contributed by atoms with Crippen LogP contribution in [0.15, 0.2) is 36.4 Å². The lowest BCUT2D eigenvalue weighted by atomic mass is 10.1. The Morgan fingerprint density at radius 3 is 2.29 bits per heavy atom.